The first-order valence-electron chi connectivity index (χ1n) is 11.3. The van der Waals surface area contributed by atoms with E-state index < -0.39 is 24.4 Å². The van der Waals surface area contributed by atoms with Gasteiger partial charge in [-0.15, -0.1) is 0 Å². The summed E-state index contributed by atoms with van der Waals surface area (Å²) in [4.78, 5) is 39.7. The van der Waals surface area contributed by atoms with Crippen LogP contribution in [0.4, 0.5) is 4.39 Å². The zero-order valence-electron chi connectivity index (χ0n) is 19.6. The first-order valence-corrected chi connectivity index (χ1v) is 11.3. The summed E-state index contributed by atoms with van der Waals surface area (Å²) in [7, 11) is 3.86. The lowest BCUT2D eigenvalue weighted by Gasteiger charge is -2.19. The van der Waals surface area contributed by atoms with Gasteiger partial charge in [0.05, 0.1) is 17.1 Å². The molecule has 3 rings (SSSR count). The number of fused-ring (bicyclic) bond motifs is 3. The van der Waals surface area contributed by atoms with Crippen LogP contribution >= 0.6 is 0 Å². The molecule has 180 valence electrons. The molecule has 1 amide bonds. The Kier molecular flexibility index (Phi) is 8.54. The third kappa shape index (κ3) is 6.08. The van der Waals surface area contributed by atoms with Crippen molar-refractivity contribution >= 4 is 39.4 Å². The number of carbonyl (C=O) groups is 3. The number of carbonyl (C=O) groups excluding carboxylic acids is 3. The fourth-order valence-corrected chi connectivity index (χ4v) is 3.90. The zero-order chi connectivity index (χ0) is 24.7. The van der Waals surface area contributed by atoms with Crippen LogP contribution in [0, 0.1) is 0 Å². The molecule has 1 unspecified atom stereocenters. The molecule has 7 nitrogen and oxygen atoms in total. The van der Waals surface area contributed by atoms with Gasteiger partial charge in [-0.05, 0) is 26.2 Å². The molecule has 1 aromatic heterocycles. The molecular formula is C26H31FN4O3. The summed E-state index contributed by atoms with van der Waals surface area (Å²) >= 11 is 0. The van der Waals surface area contributed by atoms with Crippen LogP contribution in [0.3, 0.4) is 0 Å². The lowest BCUT2D eigenvalue weighted by Crippen LogP contribution is -2.43. The number of nitrogens with zero attached hydrogens (tertiary/aromatic N) is 2. The molecule has 0 saturated heterocycles. The number of rotatable bonds is 12. The van der Waals surface area contributed by atoms with Crippen molar-refractivity contribution in [2.45, 2.75) is 25.3 Å². The quantitative estimate of drug-likeness (QED) is 0.428. The molecule has 0 aliphatic carbocycles. The van der Waals surface area contributed by atoms with Crippen molar-refractivity contribution in [2.75, 3.05) is 33.9 Å². The maximum Gasteiger partial charge on any atom is 0.232 e. The highest BCUT2D eigenvalue weighted by molar-refractivity contribution is 6.13. The van der Waals surface area contributed by atoms with Crippen molar-refractivity contribution in [1.29, 1.82) is 0 Å². The van der Waals surface area contributed by atoms with E-state index in [1.165, 1.54) is 0 Å². The number of ketones is 1. The van der Waals surface area contributed by atoms with Gasteiger partial charge in [-0.3, -0.25) is 19.0 Å². The minimum atomic E-state index is -1.18. The van der Waals surface area contributed by atoms with E-state index >= 15 is 0 Å². The van der Waals surface area contributed by atoms with Crippen LogP contribution in [-0.4, -0.2) is 67.0 Å². The third-order valence-electron chi connectivity index (χ3n) is 5.64. The molecule has 3 aromatic rings. The fourth-order valence-electron chi connectivity index (χ4n) is 3.90. The maximum atomic E-state index is 13.1. The van der Waals surface area contributed by atoms with Crippen LogP contribution in [0.2, 0.25) is 0 Å². The molecular weight excluding hydrogens is 435 g/mol. The van der Waals surface area contributed by atoms with Crippen molar-refractivity contribution < 1.29 is 18.8 Å². The molecule has 0 radical (unpaired) electrons. The van der Waals surface area contributed by atoms with Gasteiger partial charge in [0.1, 0.15) is 6.67 Å². The highest BCUT2D eigenvalue weighted by atomic mass is 19.1. The Bertz CT molecular complexity index is 1150. The first kappa shape index (κ1) is 25.1. The fraction of sp³-hybridized carbons (Fsp3) is 0.346. The number of alkyl halides is 1. The smallest absolute Gasteiger partial charge is 0.232 e. The number of hydrogen-bond donors (Lipinski definition) is 2. The summed E-state index contributed by atoms with van der Waals surface area (Å²) in [5, 5.41) is 7.58. The van der Waals surface area contributed by atoms with Gasteiger partial charge in [-0.1, -0.05) is 43.0 Å². The predicted octanol–water partition coefficient (Wildman–Crippen LogP) is 3.29. The van der Waals surface area contributed by atoms with Crippen molar-refractivity contribution in [3.05, 3.63) is 60.8 Å². The SMILES string of the molecule is C=C(CC(NC(=O)CCC(=O)n1c2ccccc2c2ccccc21)C(=O)CF)NCCN(C)C. The maximum absolute atomic E-state index is 13.1. The number of nitrogens with one attached hydrogen (secondary N) is 2. The molecule has 2 N–H and O–H groups in total. The van der Waals surface area contributed by atoms with Crippen LogP contribution < -0.4 is 10.6 Å². The van der Waals surface area contributed by atoms with Crippen molar-refractivity contribution in [2.24, 2.45) is 0 Å². The molecule has 8 heteroatoms. The molecule has 1 heterocycles. The minimum Gasteiger partial charge on any atom is -0.387 e. The topological polar surface area (TPSA) is 83.4 Å². The van der Waals surface area contributed by atoms with Crippen LogP contribution in [0.5, 0.6) is 0 Å². The van der Waals surface area contributed by atoms with Gasteiger partial charge >= 0.3 is 0 Å². The second kappa shape index (κ2) is 11.6. The van der Waals surface area contributed by atoms with Gasteiger partial charge in [-0.25, -0.2) is 4.39 Å². The van der Waals surface area contributed by atoms with Gasteiger partial charge in [0.25, 0.3) is 0 Å². The lowest BCUT2D eigenvalue weighted by molar-refractivity contribution is -0.128. The van der Waals surface area contributed by atoms with Crippen LogP contribution in [0.25, 0.3) is 21.8 Å². The summed E-state index contributed by atoms with van der Waals surface area (Å²) < 4.78 is 14.7. The average molecular weight is 467 g/mol. The van der Waals surface area contributed by atoms with Crippen LogP contribution in [0.1, 0.15) is 24.1 Å². The third-order valence-corrected chi connectivity index (χ3v) is 5.64. The van der Waals surface area contributed by atoms with Crippen molar-refractivity contribution in [3.8, 4) is 0 Å². The van der Waals surface area contributed by atoms with E-state index in [9.17, 15) is 18.8 Å². The summed E-state index contributed by atoms with van der Waals surface area (Å²) in [5.74, 6) is -1.43. The van der Waals surface area contributed by atoms with Gasteiger partial charge in [0, 0.05) is 48.8 Å². The number of amides is 1. The number of benzene rings is 2. The number of halogens is 1. The molecule has 0 fully saturated rings. The van der Waals surface area contributed by atoms with E-state index in [0.717, 1.165) is 28.4 Å². The average Bonchev–Trinajstić information content (AvgIpc) is 3.16. The molecule has 1 atom stereocenters. The highest BCUT2D eigenvalue weighted by Gasteiger charge is 2.22. The summed E-state index contributed by atoms with van der Waals surface area (Å²) in [6.45, 7) is 4.06. The second-order valence-corrected chi connectivity index (χ2v) is 8.52. The number of aromatic nitrogens is 1. The number of likely N-dealkylation sites (N-methyl/N-ethyl adjacent to an activating group) is 1. The molecule has 0 spiro atoms. The largest absolute Gasteiger partial charge is 0.387 e. The minimum absolute atomic E-state index is 0.0485. The number of Topliss-reactive ketones (excluding diaryl/α,β-unsaturated/α-hetero) is 1. The monoisotopic (exact) mass is 466 g/mol. The van der Waals surface area contributed by atoms with Crippen LogP contribution in [-0.2, 0) is 9.59 Å². The molecule has 2 aromatic carbocycles. The van der Waals surface area contributed by atoms with Crippen LogP contribution in [0.15, 0.2) is 60.8 Å². The van der Waals surface area contributed by atoms with Gasteiger partial charge in [0.15, 0.2) is 5.78 Å². The van der Waals surface area contributed by atoms with E-state index in [-0.39, 0.29) is 25.2 Å². The van der Waals surface area contributed by atoms with Gasteiger partial charge < -0.3 is 15.5 Å². The highest BCUT2D eigenvalue weighted by Crippen LogP contribution is 2.29. The number of hydrogen-bond acceptors (Lipinski definition) is 5. The summed E-state index contributed by atoms with van der Waals surface area (Å²) in [5.41, 5.74) is 2.09. The Hall–Kier alpha value is -3.52. The molecule has 0 aliphatic rings. The van der Waals surface area contributed by atoms with E-state index in [1.807, 2.05) is 67.5 Å². The molecule has 0 bridgehead atoms. The lowest BCUT2D eigenvalue weighted by atomic mass is 10.1. The Labute approximate surface area is 198 Å². The summed E-state index contributed by atoms with van der Waals surface area (Å²) in [6, 6.07) is 14.2. The normalized spacial score (nSPS) is 12.1. The van der Waals surface area contributed by atoms with Crippen molar-refractivity contribution in [3.63, 3.8) is 0 Å². The van der Waals surface area contributed by atoms with E-state index in [0.29, 0.717) is 12.2 Å². The van der Waals surface area contributed by atoms with E-state index in [2.05, 4.69) is 17.2 Å². The molecule has 0 aliphatic heterocycles. The van der Waals surface area contributed by atoms with E-state index in [4.69, 9.17) is 0 Å². The van der Waals surface area contributed by atoms with Crippen molar-refractivity contribution in [1.82, 2.24) is 20.1 Å². The Morgan fingerprint density at radius 2 is 1.59 bits per heavy atom. The summed E-state index contributed by atoms with van der Waals surface area (Å²) in [6.07, 6.45) is -0.0773. The second-order valence-electron chi connectivity index (χ2n) is 8.52. The Morgan fingerprint density at radius 1 is 1.00 bits per heavy atom. The Balaban J connectivity index is 1.64. The standard InChI is InChI=1S/C26H31FN4O3/c1-18(28-14-15-30(2)3)16-21(24(32)17-27)29-25(33)12-13-26(34)31-22-10-6-4-8-19(22)20-9-5-7-11-23(20)31/h4-11,21,28H,1,12-17H2,2-3H3,(H,29,33). The number of para-hydroxylation sites is 2. The van der Waals surface area contributed by atoms with Gasteiger partial charge in [0.2, 0.25) is 11.8 Å². The molecule has 34 heavy (non-hydrogen) atoms. The Morgan fingerprint density at radius 3 is 2.15 bits per heavy atom. The zero-order valence-corrected chi connectivity index (χ0v) is 19.6. The van der Waals surface area contributed by atoms with E-state index in [1.54, 1.807) is 4.57 Å². The first-order chi connectivity index (χ1) is 16.3. The predicted molar refractivity (Wildman–Crippen MR) is 133 cm³/mol. The molecule has 0 saturated carbocycles. The van der Waals surface area contributed by atoms with Gasteiger partial charge in [-0.2, -0.15) is 0 Å².